The molecule has 0 radical (unpaired) electrons. The number of aliphatic hydroxyl groups is 1. The molecule has 1 fully saturated rings. The lowest BCUT2D eigenvalue weighted by Crippen LogP contribution is -2.35. The second-order valence-corrected chi connectivity index (χ2v) is 7.61. The molecule has 28 heavy (non-hydrogen) atoms. The van der Waals surface area contributed by atoms with Crippen LogP contribution in [0.25, 0.3) is 0 Å². The topological polar surface area (TPSA) is 32.7 Å². The number of rotatable bonds is 5. The van der Waals surface area contributed by atoms with Crippen molar-refractivity contribution in [3.05, 3.63) is 106 Å². The van der Waals surface area contributed by atoms with Crippen molar-refractivity contribution in [2.24, 2.45) is 0 Å². The van der Waals surface area contributed by atoms with Gasteiger partial charge < -0.3 is 9.84 Å². The lowest BCUT2D eigenvalue weighted by molar-refractivity contribution is 0.0342. The van der Waals surface area contributed by atoms with Crippen molar-refractivity contribution >= 4 is 11.6 Å². The Morgan fingerprint density at radius 1 is 0.786 bits per heavy atom. The minimum atomic E-state index is -1.23. The van der Waals surface area contributed by atoms with Gasteiger partial charge in [0, 0.05) is 24.7 Å². The van der Waals surface area contributed by atoms with Crippen LogP contribution in [0.2, 0.25) is 5.02 Å². The molecule has 3 nitrogen and oxygen atoms in total. The lowest BCUT2D eigenvalue weighted by atomic mass is 9.80. The van der Waals surface area contributed by atoms with Crippen LogP contribution in [-0.4, -0.2) is 36.3 Å². The van der Waals surface area contributed by atoms with Crippen molar-refractivity contribution < 1.29 is 9.84 Å². The van der Waals surface area contributed by atoms with E-state index in [1.807, 2.05) is 66.7 Å². The summed E-state index contributed by atoms with van der Waals surface area (Å²) < 4.78 is 5.42. The van der Waals surface area contributed by atoms with Gasteiger partial charge in [-0.15, -0.1) is 0 Å². The third-order valence-corrected chi connectivity index (χ3v) is 5.59. The summed E-state index contributed by atoms with van der Waals surface area (Å²) in [6.45, 7) is 4.40. The van der Waals surface area contributed by atoms with Crippen LogP contribution in [0.15, 0.2) is 78.9 Å². The van der Waals surface area contributed by atoms with Gasteiger partial charge in [-0.25, -0.2) is 0 Å². The maximum absolute atomic E-state index is 11.9. The van der Waals surface area contributed by atoms with Gasteiger partial charge in [-0.05, 0) is 34.4 Å². The molecule has 144 valence electrons. The minimum Gasteiger partial charge on any atom is -0.379 e. The van der Waals surface area contributed by atoms with E-state index in [2.05, 4.69) is 17.0 Å². The van der Waals surface area contributed by atoms with E-state index in [-0.39, 0.29) is 0 Å². The number of morpholine rings is 1. The number of hydrogen-bond donors (Lipinski definition) is 1. The Morgan fingerprint density at radius 2 is 1.32 bits per heavy atom. The molecule has 0 amide bonds. The molecular weight excluding hydrogens is 370 g/mol. The van der Waals surface area contributed by atoms with Gasteiger partial charge in [-0.1, -0.05) is 78.3 Å². The molecule has 1 saturated heterocycles. The normalized spacial score (nSPS) is 17.2. The molecule has 4 heteroatoms. The molecule has 0 bridgehead atoms. The summed E-state index contributed by atoms with van der Waals surface area (Å²) in [5.74, 6) is 0. The van der Waals surface area contributed by atoms with Crippen LogP contribution in [0.4, 0.5) is 0 Å². The Balaban J connectivity index is 1.67. The fourth-order valence-electron chi connectivity index (χ4n) is 3.74. The third kappa shape index (κ3) is 3.98. The van der Waals surface area contributed by atoms with Crippen LogP contribution in [0.1, 0.15) is 22.3 Å². The Labute approximate surface area is 171 Å². The molecule has 1 atom stereocenters. The van der Waals surface area contributed by atoms with Gasteiger partial charge in [0.05, 0.1) is 13.2 Å². The predicted octanol–water partition coefficient (Wildman–Crippen LogP) is 4.46. The van der Waals surface area contributed by atoms with E-state index in [1.54, 1.807) is 0 Å². The van der Waals surface area contributed by atoms with Crippen LogP contribution in [0.3, 0.4) is 0 Å². The fraction of sp³-hybridized carbons (Fsp3) is 0.250. The van der Waals surface area contributed by atoms with Gasteiger partial charge in [-0.2, -0.15) is 0 Å². The number of ether oxygens (including phenoxy) is 1. The highest BCUT2D eigenvalue weighted by atomic mass is 35.5. The largest absolute Gasteiger partial charge is 0.379 e. The molecule has 0 saturated carbocycles. The smallest absolute Gasteiger partial charge is 0.140 e. The van der Waals surface area contributed by atoms with Crippen LogP contribution in [-0.2, 0) is 16.9 Å². The first kappa shape index (κ1) is 19.2. The summed E-state index contributed by atoms with van der Waals surface area (Å²) in [4.78, 5) is 2.39. The fourth-order valence-corrected chi connectivity index (χ4v) is 3.87. The van der Waals surface area contributed by atoms with Crippen molar-refractivity contribution in [1.82, 2.24) is 4.90 Å². The van der Waals surface area contributed by atoms with E-state index in [0.29, 0.717) is 5.02 Å². The lowest BCUT2D eigenvalue weighted by Gasteiger charge is -2.31. The summed E-state index contributed by atoms with van der Waals surface area (Å²) in [7, 11) is 0. The van der Waals surface area contributed by atoms with Crippen molar-refractivity contribution in [1.29, 1.82) is 0 Å². The average molecular weight is 394 g/mol. The van der Waals surface area contributed by atoms with Crippen molar-refractivity contribution in [2.45, 2.75) is 12.1 Å². The van der Waals surface area contributed by atoms with Gasteiger partial charge in [0.1, 0.15) is 5.60 Å². The maximum Gasteiger partial charge on any atom is 0.140 e. The predicted molar refractivity (Wildman–Crippen MR) is 113 cm³/mol. The number of hydrogen-bond acceptors (Lipinski definition) is 3. The number of nitrogens with zero attached hydrogens (tertiary/aromatic N) is 1. The first-order valence-corrected chi connectivity index (χ1v) is 9.97. The van der Waals surface area contributed by atoms with Gasteiger partial charge in [0.25, 0.3) is 0 Å². The third-order valence-electron chi connectivity index (χ3n) is 5.34. The zero-order valence-corrected chi connectivity index (χ0v) is 16.5. The molecule has 0 aromatic heterocycles. The van der Waals surface area contributed by atoms with E-state index in [9.17, 15) is 5.11 Å². The second kappa shape index (κ2) is 8.46. The van der Waals surface area contributed by atoms with E-state index >= 15 is 0 Å². The van der Waals surface area contributed by atoms with Gasteiger partial charge in [0.15, 0.2) is 0 Å². The van der Waals surface area contributed by atoms with Gasteiger partial charge in [0.2, 0.25) is 0 Å². The highest BCUT2D eigenvalue weighted by Gasteiger charge is 2.33. The van der Waals surface area contributed by atoms with Crippen molar-refractivity contribution in [3.8, 4) is 0 Å². The number of halogens is 1. The molecule has 1 N–H and O–H groups in total. The molecule has 0 aliphatic carbocycles. The van der Waals surface area contributed by atoms with Crippen LogP contribution < -0.4 is 0 Å². The Kier molecular flexibility index (Phi) is 5.79. The molecule has 1 unspecified atom stereocenters. The molecule has 0 spiro atoms. The molecule has 3 aromatic rings. The molecule has 3 aromatic carbocycles. The first-order chi connectivity index (χ1) is 13.7. The molecule has 4 rings (SSSR count). The Hall–Kier alpha value is -2.17. The quantitative estimate of drug-likeness (QED) is 0.650. The van der Waals surface area contributed by atoms with E-state index in [0.717, 1.165) is 49.5 Å². The summed E-state index contributed by atoms with van der Waals surface area (Å²) in [6, 6.07) is 25.4. The highest BCUT2D eigenvalue weighted by Crippen LogP contribution is 2.37. The standard InChI is InChI=1S/C24H24ClNO2/c25-23-12-10-22(11-13-23)24(27,20-4-2-1-3-5-20)21-8-6-19(7-9-21)18-26-14-16-28-17-15-26/h1-13,27H,14-18H2. The van der Waals surface area contributed by atoms with Crippen LogP contribution in [0, 0.1) is 0 Å². The molecule has 1 aliphatic heterocycles. The van der Waals surface area contributed by atoms with Crippen molar-refractivity contribution in [2.75, 3.05) is 26.3 Å². The summed E-state index contributed by atoms with van der Waals surface area (Å²) in [5.41, 5.74) is 2.47. The van der Waals surface area contributed by atoms with E-state index in [4.69, 9.17) is 16.3 Å². The highest BCUT2D eigenvalue weighted by molar-refractivity contribution is 6.30. The molecule has 1 heterocycles. The Morgan fingerprint density at radius 3 is 1.93 bits per heavy atom. The van der Waals surface area contributed by atoms with Crippen LogP contribution >= 0.6 is 11.6 Å². The average Bonchev–Trinajstić information content (AvgIpc) is 2.75. The first-order valence-electron chi connectivity index (χ1n) is 9.60. The monoisotopic (exact) mass is 393 g/mol. The number of benzene rings is 3. The van der Waals surface area contributed by atoms with Crippen molar-refractivity contribution in [3.63, 3.8) is 0 Å². The van der Waals surface area contributed by atoms with E-state index in [1.165, 1.54) is 5.56 Å². The Bertz CT molecular complexity index is 890. The molecular formula is C24H24ClNO2. The summed E-state index contributed by atoms with van der Waals surface area (Å²) >= 11 is 6.07. The van der Waals surface area contributed by atoms with Gasteiger partial charge >= 0.3 is 0 Å². The SMILES string of the molecule is OC(c1ccccc1)(c1ccc(Cl)cc1)c1ccc(CN2CCOCC2)cc1. The second-order valence-electron chi connectivity index (χ2n) is 7.17. The van der Waals surface area contributed by atoms with Crippen LogP contribution in [0.5, 0.6) is 0 Å². The molecule has 1 aliphatic rings. The zero-order chi connectivity index (χ0) is 19.4. The minimum absolute atomic E-state index is 0.653. The maximum atomic E-state index is 11.9. The van der Waals surface area contributed by atoms with E-state index < -0.39 is 5.60 Å². The zero-order valence-electron chi connectivity index (χ0n) is 15.7. The van der Waals surface area contributed by atoms with Gasteiger partial charge in [-0.3, -0.25) is 4.90 Å². The summed E-state index contributed by atoms with van der Waals surface area (Å²) in [6.07, 6.45) is 0. The summed E-state index contributed by atoms with van der Waals surface area (Å²) in [5, 5.41) is 12.5.